The van der Waals surface area contributed by atoms with E-state index in [4.69, 9.17) is 0 Å². The monoisotopic (exact) mass is 279 g/mol. The van der Waals surface area contributed by atoms with Crippen molar-refractivity contribution >= 4 is 15.9 Å². The Kier molecular flexibility index (Phi) is 2.87. The van der Waals surface area contributed by atoms with E-state index < -0.39 is 0 Å². The molecule has 0 saturated carbocycles. The fraction of sp³-hybridized carbons (Fsp3) is 0.182. The number of H-pyrrole nitrogens is 1. The molecule has 0 radical (unpaired) electrons. The van der Waals surface area contributed by atoms with E-state index in [1.165, 1.54) is 0 Å². The molecule has 0 aromatic carbocycles. The second kappa shape index (κ2) is 4.17. The van der Waals surface area contributed by atoms with Gasteiger partial charge in [0.05, 0.1) is 0 Å². The first-order valence-corrected chi connectivity index (χ1v) is 5.55. The first kappa shape index (κ1) is 11.0. The normalized spacial score (nSPS) is 10.4. The van der Waals surface area contributed by atoms with Gasteiger partial charge in [0, 0.05) is 33.7 Å². The van der Waals surface area contributed by atoms with Gasteiger partial charge in [0.15, 0.2) is 0 Å². The Labute approximate surface area is 101 Å². The standard InChI is InChI=1S/C11H10BrN3O/c1-6-7(2)14-10(15-11(6)16)8-3-9(12)5-13-4-8/h3-5H,1-2H3,(H,14,15,16). The third kappa shape index (κ3) is 2.04. The summed E-state index contributed by atoms with van der Waals surface area (Å²) in [5.74, 6) is 0.543. The molecule has 2 aromatic rings. The second-order valence-electron chi connectivity index (χ2n) is 3.52. The van der Waals surface area contributed by atoms with Crippen molar-refractivity contribution in [2.24, 2.45) is 0 Å². The Morgan fingerprint density at radius 3 is 2.69 bits per heavy atom. The van der Waals surface area contributed by atoms with Gasteiger partial charge in [-0.25, -0.2) is 4.98 Å². The molecule has 0 unspecified atom stereocenters. The largest absolute Gasteiger partial charge is 0.306 e. The van der Waals surface area contributed by atoms with Crippen LogP contribution in [0.5, 0.6) is 0 Å². The van der Waals surface area contributed by atoms with Gasteiger partial charge in [0.1, 0.15) is 5.82 Å². The van der Waals surface area contributed by atoms with Crippen molar-refractivity contribution in [3.63, 3.8) is 0 Å². The van der Waals surface area contributed by atoms with Crippen LogP contribution in [0.3, 0.4) is 0 Å². The summed E-state index contributed by atoms with van der Waals surface area (Å²) >= 11 is 3.33. The molecule has 1 N–H and O–H groups in total. The van der Waals surface area contributed by atoms with Crippen LogP contribution >= 0.6 is 15.9 Å². The summed E-state index contributed by atoms with van der Waals surface area (Å²) in [5.41, 5.74) is 2.06. The van der Waals surface area contributed by atoms with Gasteiger partial charge in [-0.05, 0) is 35.8 Å². The summed E-state index contributed by atoms with van der Waals surface area (Å²) in [7, 11) is 0. The molecule has 0 spiro atoms. The average Bonchev–Trinajstić information content (AvgIpc) is 2.25. The van der Waals surface area contributed by atoms with E-state index in [2.05, 4.69) is 30.9 Å². The van der Waals surface area contributed by atoms with Crippen LogP contribution in [0.25, 0.3) is 11.4 Å². The Bertz CT molecular complexity index is 592. The molecule has 0 bridgehead atoms. The molecule has 5 heteroatoms. The topological polar surface area (TPSA) is 58.6 Å². The molecule has 2 rings (SSSR count). The van der Waals surface area contributed by atoms with Crippen LogP contribution in [0.1, 0.15) is 11.3 Å². The van der Waals surface area contributed by atoms with Gasteiger partial charge < -0.3 is 4.98 Å². The van der Waals surface area contributed by atoms with Gasteiger partial charge in [0.2, 0.25) is 0 Å². The van der Waals surface area contributed by atoms with Crippen molar-refractivity contribution in [3.05, 3.63) is 44.5 Å². The molecule has 0 aliphatic carbocycles. The predicted octanol–water partition coefficient (Wildman–Crippen LogP) is 2.21. The van der Waals surface area contributed by atoms with Crippen LogP contribution in [-0.2, 0) is 0 Å². The van der Waals surface area contributed by atoms with E-state index in [-0.39, 0.29) is 5.56 Å². The van der Waals surface area contributed by atoms with Crippen LogP contribution < -0.4 is 5.56 Å². The van der Waals surface area contributed by atoms with Crippen molar-refractivity contribution in [1.29, 1.82) is 0 Å². The molecule has 0 atom stereocenters. The fourth-order valence-corrected chi connectivity index (χ4v) is 1.69. The number of aryl methyl sites for hydroxylation is 1. The number of aromatic amines is 1. The van der Waals surface area contributed by atoms with Crippen molar-refractivity contribution < 1.29 is 0 Å². The molecule has 0 fully saturated rings. The molecule has 16 heavy (non-hydrogen) atoms. The number of pyridine rings is 1. The molecular weight excluding hydrogens is 270 g/mol. The zero-order chi connectivity index (χ0) is 11.7. The highest BCUT2D eigenvalue weighted by Crippen LogP contribution is 2.17. The Morgan fingerprint density at radius 2 is 2.06 bits per heavy atom. The lowest BCUT2D eigenvalue weighted by Gasteiger charge is -2.04. The lowest BCUT2D eigenvalue weighted by molar-refractivity contribution is 1.03. The summed E-state index contributed by atoms with van der Waals surface area (Å²) in [6, 6.07) is 1.86. The van der Waals surface area contributed by atoms with Crippen molar-refractivity contribution in [1.82, 2.24) is 15.0 Å². The van der Waals surface area contributed by atoms with Crippen LogP contribution in [0.2, 0.25) is 0 Å². The molecule has 82 valence electrons. The first-order valence-electron chi connectivity index (χ1n) is 4.76. The smallest absolute Gasteiger partial charge is 0.254 e. The number of nitrogens with one attached hydrogen (secondary N) is 1. The number of hydrogen-bond donors (Lipinski definition) is 1. The highest BCUT2D eigenvalue weighted by molar-refractivity contribution is 9.10. The third-order valence-electron chi connectivity index (χ3n) is 2.37. The predicted molar refractivity (Wildman–Crippen MR) is 65.3 cm³/mol. The Balaban J connectivity index is 2.61. The van der Waals surface area contributed by atoms with E-state index in [0.717, 1.165) is 15.7 Å². The SMILES string of the molecule is Cc1nc(-c2cncc(Br)c2)[nH]c(=O)c1C. The molecule has 0 aliphatic rings. The average molecular weight is 280 g/mol. The summed E-state index contributed by atoms with van der Waals surface area (Å²) in [5, 5.41) is 0. The molecule has 0 saturated heterocycles. The van der Waals surface area contributed by atoms with E-state index in [1.807, 2.05) is 13.0 Å². The van der Waals surface area contributed by atoms with Gasteiger partial charge in [0.25, 0.3) is 5.56 Å². The Morgan fingerprint density at radius 1 is 1.31 bits per heavy atom. The molecular formula is C11H10BrN3O. The van der Waals surface area contributed by atoms with Crippen LogP contribution in [0.15, 0.2) is 27.7 Å². The maximum atomic E-state index is 11.6. The lowest BCUT2D eigenvalue weighted by Crippen LogP contribution is -2.14. The number of hydrogen-bond acceptors (Lipinski definition) is 3. The van der Waals surface area contributed by atoms with E-state index in [1.54, 1.807) is 19.3 Å². The van der Waals surface area contributed by atoms with E-state index in [9.17, 15) is 4.79 Å². The highest BCUT2D eigenvalue weighted by atomic mass is 79.9. The van der Waals surface area contributed by atoms with Gasteiger partial charge in [-0.15, -0.1) is 0 Å². The van der Waals surface area contributed by atoms with Crippen molar-refractivity contribution in [2.45, 2.75) is 13.8 Å². The van der Waals surface area contributed by atoms with E-state index >= 15 is 0 Å². The quantitative estimate of drug-likeness (QED) is 0.871. The van der Waals surface area contributed by atoms with Gasteiger partial charge in [-0.1, -0.05) is 0 Å². The van der Waals surface area contributed by atoms with Crippen molar-refractivity contribution in [2.75, 3.05) is 0 Å². The zero-order valence-electron chi connectivity index (χ0n) is 8.91. The number of aromatic nitrogens is 3. The molecule has 2 heterocycles. The van der Waals surface area contributed by atoms with Gasteiger partial charge >= 0.3 is 0 Å². The summed E-state index contributed by atoms with van der Waals surface area (Å²) in [6.07, 6.45) is 3.35. The third-order valence-corrected chi connectivity index (χ3v) is 2.81. The molecule has 0 aliphatic heterocycles. The fourth-order valence-electron chi connectivity index (χ4n) is 1.32. The van der Waals surface area contributed by atoms with Gasteiger partial charge in [-0.2, -0.15) is 0 Å². The lowest BCUT2D eigenvalue weighted by atomic mass is 10.2. The van der Waals surface area contributed by atoms with Crippen LogP contribution in [-0.4, -0.2) is 15.0 Å². The van der Waals surface area contributed by atoms with E-state index in [0.29, 0.717) is 11.4 Å². The molecule has 2 aromatic heterocycles. The maximum Gasteiger partial charge on any atom is 0.254 e. The highest BCUT2D eigenvalue weighted by Gasteiger charge is 2.06. The zero-order valence-corrected chi connectivity index (χ0v) is 10.5. The first-order chi connectivity index (χ1) is 7.58. The minimum atomic E-state index is -0.109. The minimum absolute atomic E-state index is 0.109. The number of rotatable bonds is 1. The Hall–Kier alpha value is -1.49. The van der Waals surface area contributed by atoms with Gasteiger partial charge in [-0.3, -0.25) is 9.78 Å². The summed E-state index contributed by atoms with van der Waals surface area (Å²) in [4.78, 5) is 22.7. The van der Waals surface area contributed by atoms with Crippen LogP contribution in [0, 0.1) is 13.8 Å². The molecule has 4 nitrogen and oxygen atoms in total. The summed E-state index contributed by atoms with van der Waals surface area (Å²) < 4.78 is 0.853. The number of halogens is 1. The number of nitrogens with zero attached hydrogens (tertiary/aromatic N) is 2. The van der Waals surface area contributed by atoms with Crippen LogP contribution in [0.4, 0.5) is 0 Å². The van der Waals surface area contributed by atoms with Crippen molar-refractivity contribution in [3.8, 4) is 11.4 Å². The second-order valence-corrected chi connectivity index (χ2v) is 4.43. The molecule has 0 amide bonds. The maximum absolute atomic E-state index is 11.6. The minimum Gasteiger partial charge on any atom is -0.306 e. The summed E-state index contributed by atoms with van der Waals surface area (Å²) in [6.45, 7) is 3.57.